The quantitative estimate of drug-likeness (QED) is 0.716. The van der Waals surface area contributed by atoms with Gasteiger partial charge < -0.3 is 0 Å². The molecule has 21 heavy (non-hydrogen) atoms. The van der Waals surface area contributed by atoms with E-state index in [2.05, 4.69) is 18.9 Å². The fourth-order valence-electron chi connectivity index (χ4n) is 2.64. The Labute approximate surface area is 130 Å². The second-order valence-corrected chi connectivity index (χ2v) is 5.90. The molecule has 0 radical (unpaired) electrons. The molecule has 0 saturated carbocycles. The van der Waals surface area contributed by atoms with E-state index in [1.807, 2.05) is 35.1 Å². The van der Waals surface area contributed by atoms with E-state index in [-0.39, 0.29) is 5.56 Å². The van der Waals surface area contributed by atoms with Crippen LogP contribution in [-0.4, -0.2) is 9.78 Å². The van der Waals surface area contributed by atoms with E-state index in [0.717, 1.165) is 18.4 Å². The van der Waals surface area contributed by atoms with Crippen LogP contribution >= 0.6 is 11.6 Å². The fourth-order valence-corrected chi connectivity index (χ4v) is 2.83. The minimum absolute atomic E-state index is 0.0498. The Hall–Kier alpha value is -1.48. The molecule has 3 nitrogen and oxygen atoms in total. The number of aromatic amines is 1. The van der Waals surface area contributed by atoms with Gasteiger partial charge in [0.1, 0.15) is 0 Å². The number of hydrogen-bond donors (Lipinski definition) is 1. The molecule has 0 aliphatic heterocycles. The molecule has 0 spiro atoms. The Kier molecular flexibility index (Phi) is 5.68. The average Bonchev–Trinajstić information content (AvgIpc) is 2.85. The largest absolute Gasteiger partial charge is 0.289 e. The van der Waals surface area contributed by atoms with E-state index in [1.54, 1.807) is 0 Å². The van der Waals surface area contributed by atoms with Crippen molar-refractivity contribution in [2.24, 2.45) is 0 Å². The molecule has 0 amide bonds. The summed E-state index contributed by atoms with van der Waals surface area (Å²) >= 11 is 6.01. The molecular weight excluding hydrogens is 284 g/mol. The summed E-state index contributed by atoms with van der Waals surface area (Å²) in [7, 11) is 0. The van der Waals surface area contributed by atoms with Crippen LogP contribution in [0.5, 0.6) is 0 Å². The first-order valence-corrected chi connectivity index (χ1v) is 8.10. The molecule has 2 aromatic rings. The van der Waals surface area contributed by atoms with Crippen molar-refractivity contribution >= 4 is 11.6 Å². The lowest BCUT2D eigenvalue weighted by molar-refractivity contribution is 0.395. The van der Waals surface area contributed by atoms with Gasteiger partial charge in [0.2, 0.25) is 0 Å². The zero-order valence-electron chi connectivity index (χ0n) is 12.7. The standard InChI is InChI=1S/C17H23ClN2O/c1-3-5-6-10-15(4-2)20-12-16(17(21)19-20)13-8-7-9-14(18)11-13/h7-9,11-12,15H,3-6,10H2,1-2H3,(H,19,21). The molecule has 1 heterocycles. The number of rotatable bonds is 7. The molecule has 0 aliphatic rings. The number of halogens is 1. The Morgan fingerprint density at radius 2 is 2.10 bits per heavy atom. The molecule has 0 fully saturated rings. The van der Waals surface area contributed by atoms with Gasteiger partial charge in [0.25, 0.3) is 5.56 Å². The number of nitrogens with zero attached hydrogens (tertiary/aromatic N) is 1. The lowest BCUT2D eigenvalue weighted by Gasteiger charge is -2.15. The third-order valence-corrected chi connectivity index (χ3v) is 4.12. The topological polar surface area (TPSA) is 37.8 Å². The van der Waals surface area contributed by atoms with Gasteiger partial charge >= 0.3 is 0 Å². The van der Waals surface area contributed by atoms with Crippen molar-refractivity contribution in [2.75, 3.05) is 0 Å². The summed E-state index contributed by atoms with van der Waals surface area (Å²) in [6, 6.07) is 7.79. The van der Waals surface area contributed by atoms with Crippen LogP contribution in [0.2, 0.25) is 5.02 Å². The SMILES string of the molecule is CCCCCC(CC)n1cc(-c2cccc(Cl)c2)c(=O)[nH]1. The number of hydrogen-bond acceptors (Lipinski definition) is 1. The maximum atomic E-state index is 12.2. The zero-order valence-corrected chi connectivity index (χ0v) is 13.5. The van der Waals surface area contributed by atoms with E-state index in [9.17, 15) is 4.79 Å². The maximum Gasteiger partial charge on any atom is 0.271 e. The van der Waals surface area contributed by atoms with Crippen LogP contribution in [0.15, 0.2) is 35.3 Å². The first-order valence-electron chi connectivity index (χ1n) is 7.72. The van der Waals surface area contributed by atoms with E-state index in [1.165, 1.54) is 19.3 Å². The summed E-state index contributed by atoms with van der Waals surface area (Å²) in [4.78, 5) is 12.2. The molecule has 0 bridgehead atoms. The van der Waals surface area contributed by atoms with E-state index >= 15 is 0 Å². The molecule has 0 saturated heterocycles. The van der Waals surface area contributed by atoms with Crippen LogP contribution in [0.3, 0.4) is 0 Å². The molecule has 4 heteroatoms. The van der Waals surface area contributed by atoms with Crippen LogP contribution in [0.4, 0.5) is 0 Å². The Morgan fingerprint density at radius 3 is 2.76 bits per heavy atom. The lowest BCUT2D eigenvalue weighted by Crippen LogP contribution is -2.12. The highest BCUT2D eigenvalue weighted by Crippen LogP contribution is 2.23. The minimum Gasteiger partial charge on any atom is -0.289 e. The zero-order chi connectivity index (χ0) is 15.2. The number of nitrogens with one attached hydrogen (secondary N) is 1. The van der Waals surface area contributed by atoms with Gasteiger partial charge in [-0.1, -0.05) is 56.8 Å². The van der Waals surface area contributed by atoms with Gasteiger partial charge in [0.15, 0.2) is 0 Å². The Morgan fingerprint density at radius 1 is 1.29 bits per heavy atom. The van der Waals surface area contributed by atoms with Crippen molar-refractivity contribution in [1.82, 2.24) is 9.78 Å². The molecule has 1 aromatic carbocycles. The summed E-state index contributed by atoms with van der Waals surface area (Å²) < 4.78 is 1.97. The van der Waals surface area contributed by atoms with E-state index in [4.69, 9.17) is 11.6 Å². The van der Waals surface area contributed by atoms with Gasteiger partial charge in [-0.3, -0.25) is 14.6 Å². The highest BCUT2D eigenvalue weighted by molar-refractivity contribution is 6.30. The first-order chi connectivity index (χ1) is 10.2. The van der Waals surface area contributed by atoms with Gasteiger partial charge in [-0.15, -0.1) is 0 Å². The van der Waals surface area contributed by atoms with Crippen LogP contribution in [0, 0.1) is 0 Å². The molecule has 1 N–H and O–H groups in total. The van der Waals surface area contributed by atoms with Crippen LogP contribution in [0.25, 0.3) is 11.1 Å². The van der Waals surface area contributed by atoms with Gasteiger partial charge in [0, 0.05) is 17.3 Å². The summed E-state index contributed by atoms with van der Waals surface area (Å²) in [5, 5.41) is 3.61. The summed E-state index contributed by atoms with van der Waals surface area (Å²) in [5.41, 5.74) is 1.50. The van der Waals surface area contributed by atoms with Crippen molar-refractivity contribution in [3.05, 3.63) is 45.8 Å². The van der Waals surface area contributed by atoms with Crippen LogP contribution in [0.1, 0.15) is 52.0 Å². The number of benzene rings is 1. The molecule has 2 rings (SSSR count). The predicted octanol–water partition coefficient (Wildman–Crippen LogP) is 5.03. The molecule has 1 aromatic heterocycles. The molecule has 1 atom stereocenters. The number of H-pyrrole nitrogens is 1. The highest BCUT2D eigenvalue weighted by atomic mass is 35.5. The maximum absolute atomic E-state index is 12.2. The lowest BCUT2D eigenvalue weighted by atomic mass is 10.1. The first kappa shape index (κ1) is 15.9. The molecule has 1 unspecified atom stereocenters. The smallest absolute Gasteiger partial charge is 0.271 e. The summed E-state index contributed by atoms with van der Waals surface area (Å²) in [6.45, 7) is 4.36. The second-order valence-electron chi connectivity index (χ2n) is 5.46. The van der Waals surface area contributed by atoms with E-state index < -0.39 is 0 Å². The predicted molar refractivity (Wildman–Crippen MR) is 89.0 cm³/mol. The van der Waals surface area contributed by atoms with Crippen molar-refractivity contribution in [3.8, 4) is 11.1 Å². The third kappa shape index (κ3) is 4.01. The third-order valence-electron chi connectivity index (χ3n) is 3.88. The average molecular weight is 307 g/mol. The molecular formula is C17H23ClN2O. The fraction of sp³-hybridized carbons (Fsp3) is 0.471. The van der Waals surface area contributed by atoms with Gasteiger partial charge in [0.05, 0.1) is 5.56 Å². The number of aromatic nitrogens is 2. The van der Waals surface area contributed by atoms with E-state index in [0.29, 0.717) is 16.6 Å². The van der Waals surface area contributed by atoms with Gasteiger partial charge in [-0.05, 0) is 30.5 Å². The molecule has 114 valence electrons. The Balaban J connectivity index is 2.23. The normalized spacial score (nSPS) is 12.5. The van der Waals surface area contributed by atoms with Crippen molar-refractivity contribution in [2.45, 2.75) is 52.0 Å². The van der Waals surface area contributed by atoms with Gasteiger partial charge in [-0.25, -0.2) is 0 Å². The summed E-state index contributed by atoms with van der Waals surface area (Å²) in [6.07, 6.45) is 7.69. The van der Waals surface area contributed by atoms with Crippen molar-refractivity contribution < 1.29 is 0 Å². The second kappa shape index (κ2) is 7.51. The minimum atomic E-state index is -0.0498. The van der Waals surface area contributed by atoms with Crippen molar-refractivity contribution in [3.63, 3.8) is 0 Å². The summed E-state index contributed by atoms with van der Waals surface area (Å²) in [5.74, 6) is 0. The number of unbranched alkanes of at least 4 members (excludes halogenated alkanes) is 2. The van der Waals surface area contributed by atoms with Crippen molar-refractivity contribution in [1.29, 1.82) is 0 Å². The Bertz CT molecular complexity index is 630. The van der Waals surface area contributed by atoms with Gasteiger partial charge in [-0.2, -0.15) is 0 Å². The monoisotopic (exact) mass is 306 g/mol. The molecule has 0 aliphatic carbocycles. The van der Waals surface area contributed by atoms with Crippen LogP contribution in [-0.2, 0) is 0 Å². The van der Waals surface area contributed by atoms with Crippen LogP contribution < -0.4 is 5.56 Å². The highest BCUT2D eigenvalue weighted by Gasteiger charge is 2.13.